The number of rotatable bonds is 4. The number of hydrogen-bond acceptors (Lipinski definition) is 3. The minimum atomic E-state index is -0.427. The molecule has 6 nitrogen and oxygen atoms in total. The molecule has 1 aromatic heterocycles. The number of piperazine rings is 1. The Hall–Kier alpha value is -1.37. The number of aryl methyl sites for hydroxylation is 2. The van der Waals surface area contributed by atoms with Crippen LogP contribution in [0.1, 0.15) is 25.2 Å². The van der Waals surface area contributed by atoms with Crippen molar-refractivity contribution in [2.24, 2.45) is 7.05 Å². The van der Waals surface area contributed by atoms with Gasteiger partial charge in [0.2, 0.25) is 0 Å². The van der Waals surface area contributed by atoms with E-state index in [1.165, 1.54) is 0 Å². The molecular formula is C13H19BrN4O2. The standard InChI is InChI=1S/C13H19BrN4O2/c1-4-9-11(14)10(16(3)15-9)8-18-7-6-17(5-2)12(19)13(18)20/h4-8H2,1-3H3. The summed E-state index contributed by atoms with van der Waals surface area (Å²) in [5, 5.41) is 4.41. The molecule has 0 bridgehead atoms. The molecule has 2 rings (SSSR count). The Kier molecular flexibility index (Phi) is 4.47. The zero-order valence-electron chi connectivity index (χ0n) is 12.0. The molecule has 1 aliphatic rings. The maximum absolute atomic E-state index is 12.1. The summed E-state index contributed by atoms with van der Waals surface area (Å²) in [6, 6.07) is 0. The Morgan fingerprint density at radius 2 is 1.75 bits per heavy atom. The van der Waals surface area contributed by atoms with Gasteiger partial charge in [-0.1, -0.05) is 6.92 Å². The SMILES string of the molecule is CCc1nn(C)c(CN2CCN(CC)C(=O)C2=O)c1Br. The van der Waals surface area contributed by atoms with Crippen molar-refractivity contribution in [1.82, 2.24) is 19.6 Å². The Labute approximate surface area is 126 Å². The largest absolute Gasteiger partial charge is 0.333 e. The van der Waals surface area contributed by atoms with Crippen molar-refractivity contribution < 1.29 is 9.59 Å². The van der Waals surface area contributed by atoms with Gasteiger partial charge >= 0.3 is 11.8 Å². The van der Waals surface area contributed by atoms with E-state index in [-0.39, 0.29) is 0 Å². The lowest BCUT2D eigenvalue weighted by atomic mass is 10.2. The number of likely N-dealkylation sites (N-methyl/N-ethyl adjacent to an activating group) is 1. The Morgan fingerprint density at radius 1 is 1.15 bits per heavy atom. The molecule has 1 aromatic rings. The topological polar surface area (TPSA) is 58.4 Å². The highest BCUT2D eigenvalue weighted by Crippen LogP contribution is 2.23. The summed E-state index contributed by atoms with van der Waals surface area (Å²) in [4.78, 5) is 27.1. The van der Waals surface area contributed by atoms with E-state index in [0.717, 1.165) is 22.3 Å². The average Bonchev–Trinajstić information content (AvgIpc) is 2.71. The monoisotopic (exact) mass is 342 g/mol. The summed E-state index contributed by atoms with van der Waals surface area (Å²) in [7, 11) is 1.86. The minimum absolute atomic E-state index is 0.409. The van der Waals surface area contributed by atoms with Crippen LogP contribution in [0, 0.1) is 0 Å². The van der Waals surface area contributed by atoms with Gasteiger partial charge in [0.05, 0.1) is 22.4 Å². The van der Waals surface area contributed by atoms with E-state index in [9.17, 15) is 9.59 Å². The van der Waals surface area contributed by atoms with Crippen LogP contribution in [-0.2, 0) is 29.6 Å². The second-order valence-electron chi connectivity index (χ2n) is 4.80. The van der Waals surface area contributed by atoms with Crippen molar-refractivity contribution in [3.63, 3.8) is 0 Å². The third-order valence-corrected chi connectivity index (χ3v) is 4.54. The van der Waals surface area contributed by atoms with Gasteiger partial charge in [-0.3, -0.25) is 14.3 Å². The van der Waals surface area contributed by atoms with E-state index in [1.807, 2.05) is 20.9 Å². The van der Waals surface area contributed by atoms with Crippen molar-refractivity contribution in [3.05, 3.63) is 15.9 Å². The molecule has 2 amide bonds. The van der Waals surface area contributed by atoms with E-state index in [0.29, 0.717) is 26.2 Å². The van der Waals surface area contributed by atoms with Crippen molar-refractivity contribution >= 4 is 27.7 Å². The van der Waals surface area contributed by atoms with Crippen LogP contribution in [-0.4, -0.2) is 51.0 Å². The molecule has 1 fully saturated rings. The fraction of sp³-hybridized carbons (Fsp3) is 0.615. The molecule has 20 heavy (non-hydrogen) atoms. The first-order chi connectivity index (χ1) is 9.49. The van der Waals surface area contributed by atoms with Gasteiger partial charge in [0, 0.05) is 26.7 Å². The molecule has 0 spiro atoms. The van der Waals surface area contributed by atoms with Crippen molar-refractivity contribution in [3.8, 4) is 0 Å². The molecule has 0 radical (unpaired) electrons. The normalized spacial score (nSPS) is 16.2. The third-order valence-electron chi connectivity index (χ3n) is 3.62. The number of aromatic nitrogens is 2. The summed E-state index contributed by atoms with van der Waals surface area (Å²) < 4.78 is 2.70. The molecule has 0 N–H and O–H groups in total. The summed E-state index contributed by atoms with van der Waals surface area (Å²) in [5.74, 6) is -0.836. The molecule has 0 saturated carbocycles. The van der Waals surface area contributed by atoms with Gasteiger partial charge in [-0.25, -0.2) is 0 Å². The average molecular weight is 343 g/mol. The van der Waals surface area contributed by atoms with Crippen LogP contribution in [0.25, 0.3) is 0 Å². The van der Waals surface area contributed by atoms with E-state index < -0.39 is 11.8 Å². The number of nitrogens with zero attached hydrogens (tertiary/aromatic N) is 4. The van der Waals surface area contributed by atoms with E-state index in [2.05, 4.69) is 21.0 Å². The molecular weight excluding hydrogens is 324 g/mol. The van der Waals surface area contributed by atoms with E-state index in [1.54, 1.807) is 14.5 Å². The van der Waals surface area contributed by atoms with Crippen molar-refractivity contribution in [1.29, 1.82) is 0 Å². The molecule has 0 aliphatic carbocycles. The lowest BCUT2D eigenvalue weighted by Crippen LogP contribution is -2.53. The quantitative estimate of drug-likeness (QED) is 0.765. The van der Waals surface area contributed by atoms with Gasteiger partial charge in [0.15, 0.2) is 0 Å². The predicted octanol–water partition coefficient (Wildman–Crippen LogP) is 0.936. The molecule has 1 saturated heterocycles. The second-order valence-corrected chi connectivity index (χ2v) is 5.59. The van der Waals surface area contributed by atoms with Crippen LogP contribution >= 0.6 is 15.9 Å². The summed E-state index contributed by atoms with van der Waals surface area (Å²) in [6.45, 7) is 6.06. The van der Waals surface area contributed by atoms with Crippen LogP contribution in [0.4, 0.5) is 0 Å². The maximum Gasteiger partial charge on any atom is 0.312 e. The highest BCUT2D eigenvalue weighted by Gasteiger charge is 2.32. The fourth-order valence-corrected chi connectivity index (χ4v) is 3.08. The smallest absolute Gasteiger partial charge is 0.312 e. The molecule has 0 atom stereocenters. The fourth-order valence-electron chi connectivity index (χ4n) is 2.34. The number of hydrogen-bond donors (Lipinski definition) is 0. The van der Waals surface area contributed by atoms with Crippen LogP contribution < -0.4 is 0 Å². The third kappa shape index (κ3) is 2.59. The first-order valence-electron chi connectivity index (χ1n) is 6.78. The van der Waals surface area contributed by atoms with Crippen molar-refractivity contribution in [2.45, 2.75) is 26.8 Å². The molecule has 2 heterocycles. The van der Waals surface area contributed by atoms with E-state index in [4.69, 9.17) is 0 Å². The first-order valence-corrected chi connectivity index (χ1v) is 7.57. The summed E-state index contributed by atoms with van der Waals surface area (Å²) in [6.07, 6.45) is 0.824. The lowest BCUT2D eigenvalue weighted by molar-refractivity contribution is -0.156. The van der Waals surface area contributed by atoms with Gasteiger partial charge in [0.25, 0.3) is 0 Å². The zero-order valence-corrected chi connectivity index (χ0v) is 13.6. The maximum atomic E-state index is 12.1. The molecule has 110 valence electrons. The molecule has 1 aliphatic heterocycles. The Morgan fingerprint density at radius 3 is 2.30 bits per heavy atom. The first kappa shape index (κ1) is 15.0. The Bertz CT molecular complexity index is 541. The highest BCUT2D eigenvalue weighted by molar-refractivity contribution is 9.10. The minimum Gasteiger partial charge on any atom is -0.333 e. The van der Waals surface area contributed by atoms with Crippen molar-refractivity contribution in [2.75, 3.05) is 19.6 Å². The van der Waals surface area contributed by atoms with Crippen LogP contribution in [0.3, 0.4) is 0 Å². The number of amides is 2. The van der Waals surface area contributed by atoms with Crippen LogP contribution in [0.2, 0.25) is 0 Å². The highest BCUT2D eigenvalue weighted by atomic mass is 79.9. The van der Waals surface area contributed by atoms with Gasteiger partial charge in [-0.05, 0) is 29.3 Å². The van der Waals surface area contributed by atoms with Gasteiger partial charge in [-0.2, -0.15) is 5.10 Å². The molecule has 0 aromatic carbocycles. The van der Waals surface area contributed by atoms with E-state index >= 15 is 0 Å². The summed E-state index contributed by atoms with van der Waals surface area (Å²) >= 11 is 3.53. The Balaban J connectivity index is 2.17. The van der Waals surface area contributed by atoms with Crippen LogP contribution in [0.5, 0.6) is 0 Å². The summed E-state index contributed by atoms with van der Waals surface area (Å²) in [5.41, 5.74) is 1.89. The van der Waals surface area contributed by atoms with Gasteiger partial charge < -0.3 is 9.80 Å². The van der Waals surface area contributed by atoms with Gasteiger partial charge in [0.1, 0.15) is 0 Å². The number of carbonyl (C=O) groups excluding carboxylic acids is 2. The van der Waals surface area contributed by atoms with Gasteiger partial charge in [-0.15, -0.1) is 0 Å². The lowest BCUT2D eigenvalue weighted by Gasteiger charge is -2.33. The molecule has 7 heteroatoms. The number of carbonyl (C=O) groups is 2. The zero-order chi connectivity index (χ0) is 14.9. The predicted molar refractivity (Wildman–Crippen MR) is 78.0 cm³/mol. The number of halogens is 1. The molecule has 0 unspecified atom stereocenters. The second kappa shape index (κ2) is 5.95. The van der Waals surface area contributed by atoms with Crippen LogP contribution in [0.15, 0.2) is 4.47 Å².